The average molecular weight is 319 g/mol. The number of hydrogen-bond acceptors (Lipinski definition) is 3. The summed E-state index contributed by atoms with van der Waals surface area (Å²) < 4.78 is 10.8. The van der Waals surface area contributed by atoms with Crippen LogP contribution in [0.4, 0.5) is 5.69 Å². The van der Waals surface area contributed by atoms with E-state index in [1.54, 1.807) is 14.2 Å². The zero-order valence-corrected chi connectivity index (χ0v) is 14.6. The summed E-state index contributed by atoms with van der Waals surface area (Å²) in [5.41, 5.74) is 8.27. The maximum Gasteiger partial charge on any atom is 0.193 e. The molecule has 5 nitrogen and oxygen atoms in total. The smallest absolute Gasteiger partial charge is 0.193 e. The van der Waals surface area contributed by atoms with Crippen molar-refractivity contribution in [3.05, 3.63) is 29.8 Å². The molecule has 23 heavy (non-hydrogen) atoms. The van der Waals surface area contributed by atoms with Crippen molar-refractivity contribution in [2.45, 2.75) is 51.9 Å². The van der Waals surface area contributed by atoms with Crippen LogP contribution in [0.1, 0.15) is 38.7 Å². The number of nitrogens with one attached hydrogen (secondary N) is 1. The molecule has 0 bridgehead atoms. The van der Waals surface area contributed by atoms with Gasteiger partial charge >= 0.3 is 0 Å². The molecule has 5 heteroatoms. The topological polar surface area (TPSA) is 68.9 Å². The number of benzene rings is 1. The lowest BCUT2D eigenvalue weighted by molar-refractivity contribution is -0.111. The first-order chi connectivity index (χ1) is 11.1. The summed E-state index contributed by atoms with van der Waals surface area (Å²) >= 11 is 0. The van der Waals surface area contributed by atoms with Gasteiger partial charge in [-0.3, -0.25) is 0 Å². The number of rotatable bonds is 7. The Kier molecular flexibility index (Phi) is 6.02. The average Bonchev–Trinajstić information content (AvgIpc) is 2.54. The molecule has 128 valence electrons. The van der Waals surface area contributed by atoms with E-state index in [4.69, 9.17) is 20.2 Å². The first-order valence-electron chi connectivity index (χ1n) is 8.31. The fourth-order valence-electron chi connectivity index (χ4n) is 3.68. The molecule has 0 aromatic heterocycles. The first kappa shape index (κ1) is 17.8. The molecule has 2 atom stereocenters. The maximum absolute atomic E-state index is 6.16. The summed E-state index contributed by atoms with van der Waals surface area (Å²) in [6.07, 6.45) is 3.30. The van der Waals surface area contributed by atoms with Crippen LogP contribution in [0.25, 0.3) is 0 Å². The van der Waals surface area contributed by atoms with Gasteiger partial charge < -0.3 is 20.5 Å². The Hall–Kier alpha value is -1.59. The highest BCUT2D eigenvalue weighted by atomic mass is 16.5. The molecule has 2 unspecified atom stereocenters. The standard InChI is InChI=1S/C18H29N3O2/c1-5-18(6-2)15(11-16(18)23-4)21-17(19)20-14-10-8-7-9-13(14)12-22-3/h7-10,15-16H,5-6,11-12H2,1-4H3,(H3,19,20,21). The van der Waals surface area contributed by atoms with Gasteiger partial charge in [0.05, 0.1) is 18.8 Å². The van der Waals surface area contributed by atoms with Crippen LogP contribution in [-0.2, 0) is 16.1 Å². The van der Waals surface area contributed by atoms with Gasteiger partial charge in [0.25, 0.3) is 0 Å². The Morgan fingerprint density at radius 3 is 2.61 bits per heavy atom. The summed E-state index contributed by atoms with van der Waals surface area (Å²) in [6, 6.07) is 8.18. The predicted molar refractivity (Wildman–Crippen MR) is 94.6 cm³/mol. The van der Waals surface area contributed by atoms with Crippen LogP contribution in [0.3, 0.4) is 0 Å². The SMILES string of the molecule is CCC1(CC)C(N=C(N)Nc2ccccc2COC)CC1OC. The first-order valence-corrected chi connectivity index (χ1v) is 8.31. The molecular weight excluding hydrogens is 290 g/mol. The van der Waals surface area contributed by atoms with Crippen molar-refractivity contribution in [2.75, 3.05) is 19.5 Å². The molecule has 0 spiro atoms. The van der Waals surface area contributed by atoms with Gasteiger partial charge in [-0.1, -0.05) is 32.0 Å². The maximum atomic E-state index is 6.16. The predicted octanol–water partition coefficient (Wildman–Crippen LogP) is 3.15. The van der Waals surface area contributed by atoms with E-state index < -0.39 is 0 Å². The minimum atomic E-state index is 0.104. The third kappa shape index (κ3) is 3.51. The second-order valence-electron chi connectivity index (χ2n) is 6.15. The van der Waals surface area contributed by atoms with E-state index in [-0.39, 0.29) is 17.6 Å². The third-order valence-corrected chi connectivity index (χ3v) is 5.22. The molecule has 0 heterocycles. The summed E-state index contributed by atoms with van der Waals surface area (Å²) in [7, 11) is 3.47. The van der Waals surface area contributed by atoms with E-state index in [0.717, 1.165) is 30.5 Å². The van der Waals surface area contributed by atoms with Crippen molar-refractivity contribution < 1.29 is 9.47 Å². The van der Waals surface area contributed by atoms with Crippen molar-refractivity contribution in [3.63, 3.8) is 0 Å². The number of nitrogens with two attached hydrogens (primary N) is 1. The van der Waals surface area contributed by atoms with Gasteiger partial charge in [0, 0.05) is 30.9 Å². The lowest BCUT2D eigenvalue weighted by Crippen LogP contribution is -2.57. The van der Waals surface area contributed by atoms with Gasteiger partial charge in [-0.05, 0) is 25.3 Å². The van der Waals surface area contributed by atoms with Crippen LogP contribution < -0.4 is 11.1 Å². The Morgan fingerprint density at radius 2 is 2.00 bits per heavy atom. The number of anilines is 1. The van der Waals surface area contributed by atoms with Gasteiger partial charge in [-0.2, -0.15) is 0 Å². The van der Waals surface area contributed by atoms with Crippen LogP contribution in [0.15, 0.2) is 29.3 Å². The Morgan fingerprint density at radius 1 is 1.30 bits per heavy atom. The van der Waals surface area contributed by atoms with E-state index in [2.05, 4.69) is 19.2 Å². The van der Waals surface area contributed by atoms with Crippen molar-refractivity contribution in [1.82, 2.24) is 0 Å². The minimum absolute atomic E-state index is 0.104. The zero-order valence-electron chi connectivity index (χ0n) is 14.6. The van der Waals surface area contributed by atoms with E-state index >= 15 is 0 Å². The third-order valence-electron chi connectivity index (χ3n) is 5.22. The molecule has 1 fully saturated rings. The summed E-state index contributed by atoms with van der Waals surface area (Å²) in [5, 5.41) is 3.22. The molecule has 0 aliphatic heterocycles. The highest BCUT2D eigenvalue weighted by molar-refractivity contribution is 5.93. The number of guanidine groups is 1. The Balaban J connectivity index is 2.12. The van der Waals surface area contributed by atoms with E-state index in [9.17, 15) is 0 Å². The van der Waals surface area contributed by atoms with Gasteiger partial charge in [0.1, 0.15) is 0 Å². The lowest BCUT2D eigenvalue weighted by Gasteiger charge is -2.53. The molecule has 1 aromatic carbocycles. The number of nitrogens with zero attached hydrogens (tertiary/aromatic N) is 1. The van der Waals surface area contributed by atoms with Crippen LogP contribution >= 0.6 is 0 Å². The van der Waals surface area contributed by atoms with Crippen molar-refractivity contribution in [3.8, 4) is 0 Å². The lowest BCUT2D eigenvalue weighted by atomic mass is 9.59. The van der Waals surface area contributed by atoms with Crippen LogP contribution in [0.5, 0.6) is 0 Å². The summed E-state index contributed by atoms with van der Waals surface area (Å²) in [6.45, 7) is 4.95. The quantitative estimate of drug-likeness (QED) is 0.598. The highest BCUT2D eigenvalue weighted by Crippen LogP contribution is 2.50. The van der Waals surface area contributed by atoms with Crippen LogP contribution in [0.2, 0.25) is 0 Å². The number of methoxy groups -OCH3 is 2. The molecule has 1 aliphatic rings. The number of aliphatic imine (C=N–C) groups is 1. The van der Waals surface area contributed by atoms with E-state index in [0.29, 0.717) is 12.6 Å². The van der Waals surface area contributed by atoms with Crippen molar-refractivity contribution >= 4 is 11.6 Å². The molecule has 1 aliphatic carbocycles. The fourth-order valence-corrected chi connectivity index (χ4v) is 3.68. The van der Waals surface area contributed by atoms with Gasteiger partial charge in [-0.25, -0.2) is 4.99 Å². The number of ether oxygens (including phenoxy) is 2. The molecule has 2 rings (SSSR count). The molecule has 0 radical (unpaired) electrons. The monoisotopic (exact) mass is 319 g/mol. The Bertz CT molecular complexity index is 541. The second kappa shape index (κ2) is 7.79. The van der Waals surface area contributed by atoms with E-state index in [1.165, 1.54) is 0 Å². The molecule has 3 N–H and O–H groups in total. The largest absolute Gasteiger partial charge is 0.381 e. The zero-order chi connectivity index (χ0) is 16.9. The van der Waals surface area contributed by atoms with Crippen LogP contribution in [0, 0.1) is 5.41 Å². The number of para-hydroxylation sites is 1. The minimum Gasteiger partial charge on any atom is -0.381 e. The summed E-state index contributed by atoms with van der Waals surface area (Å²) in [4.78, 5) is 4.73. The van der Waals surface area contributed by atoms with Crippen LogP contribution in [-0.4, -0.2) is 32.3 Å². The van der Waals surface area contributed by atoms with Crippen molar-refractivity contribution in [1.29, 1.82) is 0 Å². The fraction of sp³-hybridized carbons (Fsp3) is 0.611. The van der Waals surface area contributed by atoms with E-state index in [1.807, 2.05) is 24.3 Å². The normalized spacial score (nSPS) is 23.4. The molecular formula is C18H29N3O2. The Labute approximate surface area is 139 Å². The molecule has 0 amide bonds. The van der Waals surface area contributed by atoms with Crippen molar-refractivity contribution in [2.24, 2.45) is 16.1 Å². The molecule has 1 saturated carbocycles. The molecule has 1 aromatic rings. The summed E-state index contributed by atoms with van der Waals surface area (Å²) in [5.74, 6) is 0.458. The number of hydrogen-bond donors (Lipinski definition) is 2. The highest BCUT2D eigenvalue weighted by Gasteiger charge is 2.53. The second-order valence-corrected chi connectivity index (χ2v) is 6.15. The van der Waals surface area contributed by atoms with Gasteiger partial charge in [0.15, 0.2) is 5.96 Å². The van der Waals surface area contributed by atoms with Gasteiger partial charge in [-0.15, -0.1) is 0 Å². The molecule has 0 saturated heterocycles. The van der Waals surface area contributed by atoms with Gasteiger partial charge in [0.2, 0.25) is 0 Å².